The number of benzene rings is 1. The Hall–Kier alpha value is -3.56. The Morgan fingerprint density at radius 3 is 2.70 bits per heavy atom. The first-order valence-electron chi connectivity index (χ1n) is 10.4. The van der Waals surface area contributed by atoms with Crippen molar-refractivity contribution in [1.82, 2.24) is 29.6 Å². The topological polar surface area (TPSA) is 98.1 Å². The van der Waals surface area contributed by atoms with E-state index in [4.69, 9.17) is 16.3 Å². The summed E-state index contributed by atoms with van der Waals surface area (Å²) in [6.45, 7) is 2.58. The molecule has 0 aliphatic carbocycles. The molecule has 33 heavy (non-hydrogen) atoms. The number of rotatable bonds is 8. The molecule has 0 aliphatic rings. The van der Waals surface area contributed by atoms with Crippen LogP contribution in [0, 0.1) is 6.92 Å². The maximum atomic E-state index is 13.0. The zero-order chi connectivity index (χ0) is 23.4. The van der Waals surface area contributed by atoms with E-state index >= 15 is 0 Å². The minimum absolute atomic E-state index is 0.272. The van der Waals surface area contributed by atoms with Crippen LogP contribution in [0.15, 0.2) is 55.1 Å². The van der Waals surface area contributed by atoms with Crippen LogP contribution >= 0.6 is 11.6 Å². The lowest BCUT2D eigenvalue weighted by atomic mass is 10.2. The van der Waals surface area contributed by atoms with Crippen molar-refractivity contribution in [2.45, 2.75) is 19.4 Å². The molecule has 0 spiro atoms. The molecule has 4 rings (SSSR count). The van der Waals surface area contributed by atoms with Crippen LogP contribution in [-0.4, -0.2) is 62.3 Å². The number of hydrogen-bond donors (Lipinski definition) is 1. The lowest BCUT2D eigenvalue weighted by Crippen LogP contribution is -2.36. The van der Waals surface area contributed by atoms with Crippen molar-refractivity contribution >= 4 is 34.4 Å². The van der Waals surface area contributed by atoms with E-state index < -0.39 is 6.10 Å². The summed E-state index contributed by atoms with van der Waals surface area (Å²) in [5.41, 5.74) is 2.22. The number of fused-ring (bicyclic) bond motifs is 1. The average Bonchev–Trinajstić information content (AvgIpc) is 3.23. The first kappa shape index (κ1) is 22.6. The predicted octanol–water partition coefficient (Wildman–Crippen LogP) is 3.51. The lowest BCUT2D eigenvalue weighted by molar-refractivity contribution is -0.123. The van der Waals surface area contributed by atoms with Gasteiger partial charge in [0.25, 0.3) is 5.91 Å². The van der Waals surface area contributed by atoms with E-state index in [0.717, 1.165) is 5.56 Å². The van der Waals surface area contributed by atoms with Crippen molar-refractivity contribution in [2.75, 3.05) is 26.0 Å². The summed E-state index contributed by atoms with van der Waals surface area (Å²) in [5.74, 6) is 0.427. The Bertz CT molecular complexity index is 1260. The number of carbonyl (C=O) groups is 1. The zero-order valence-electron chi connectivity index (χ0n) is 18.6. The van der Waals surface area contributed by atoms with Gasteiger partial charge in [0.15, 0.2) is 11.8 Å². The molecule has 1 atom stereocenters. The van der Waals surface area contributed by atoms with Gasteiger partial charge in [0.05, 0.1) is 16.9 Å². The first-order valence-corrected chi connectivity index (χ1v) is 10.8. The van der Waals surface area contributed by atoms with E-state index in [9.17, 15) is 4.79 Å². The number of aryl methyl sites for hydroxylation is 1. The molecule has 1 amide bonds. The molecule has 0 saturated carbocycles. The molecule has 10 heteroatoms. The fraction of sp³-hybridized carbons (Fsp3) is 0.261. The predicted molar refractivity (Wildman–Crippen MR) is 127 cm³/mol. The second-order valence-corrected chi connectivity index (χ2v) is 8.24. The Morgan fingerprint density at radius 2 is 1.97 bits per heavy atom. The monoisotopic (exact) mass is 465 g/mol. The number of hydrogen-bond acceptors (Lipinski definition) is 7. The van der Waals surface area contributed by atoms with Crippen LogP contribution in [0.3, 0.4) is 0 Å². The molecule has 0 fully saturated rings. The average molecular weight is 466 g/mol. The minimum atomic E-state index is -0.794. The van der Waals surface area contributed by atoms with Gasteiger partial charge in [-0.25, -0.2) is 19.6 Å². The van der Waals surface area contributed by atoms with Crippen LogP contribution in [0.25, 0.3) is 16.7 Å². The summed E-state index contributed by atoms with van der Waals surface area (Å²) >= 11 is 6.34. The molecule has 3 aromatic heterocycles. The maximum Gasteiger partial charge on any atom is 0.266 e. The van der Waals surface area contributed by atoms with Crippen LogP contribution < -0.4 is 10.1 Å². The fourth-order valence-electron chi connectivity index (χ4n) is 3.22. The molecular formula is C23H24ClN7O2. The Kier molecular flexibility index (Phi) is 6.81. The third-order valence-corrected chi connectivity index (χ3v) is 5.28. The maximum absolute atomic E-state index is 13.0. The Morgan fingerprint density at radius 1 is 1.15 bits per heavy atom. The van der Waals surface area contributed by atoms with Gasteiger partial charge in [-0.05, 0) is 44.8 Å². The van der Waals surface area contributed by atoms with Gasteiger partial charge in [0.1, 0.15) is 17.5 Å². The van der Waals surface area contributed by atoms with E-state index in [-0.39, 0.29) is 11.8 Å². The second-order valence-electron chi connectivity index (χ2n) is 7.83. The first-order chi connectivity index (χ1) is 15.9. The van der Waals surface area contributed by atoms with Gasteiger partial charge < -0.3 is 15.0 Å². The third kappa shape index (κ3) is 5.27. The highest BCUT2D eigenvalue weighted by atomic mass is 35.5. The van der Waals surface area contributed by atoms with Crippen molar-refractivity contribution in [2.24, 2.45) is 0 Å². The fourth-order valence-corrected chi connectivity index (χ4v) is 3.43. The molecule has 9 nitrogen and oxygen atoms in total. The molecular weight excluding hydrogens is 442 g/mol. The summed E-state index contributed by atoms with van der Waals surface area (Å²) in [7, 11) is 3.88. The number of carbonyl (C=O) groups excluding carboxylic acids is 1. The molecule has 4 aromatic rings. The van der Waals surface area contributed by atoms with Gasteiger partial charge in [0, 0.05) is 19.2 Å². The number of pyridine rings is 1. The number of aromatic nitrogens is 5. The van der Waals surface area contributed by atoms with Crippen LogP contribution in [0.4, 0.5) is 5.82 Å². The SMILES string of the molecule is Cc1ccc(NC(=O)C(CCN(C)C)Oc2ncnc3c2cnn3-c2ccccc2Cl)nc1. The molecule has 0 bridgehead atoms. The van der Waals surface area contributed by atoms with E-state index in [1.807, 2.05) is 50.2 Å². The normalized spacial score (nSPS) is 12.2. The third-order valence-electron chi connectivity index (χ3n) is 4.96. The molecule has 0 radical (unpaired) electrons. The van der Waals surface area contributed by atoms with Gasteiger partial charge in [-0.15, -0.1) is 0 Å². The number of para-hydroxylation sites is 1. The van der Waals surface area contributed by atoms with Gasteiger partial charge >= 0.3 is 0 Å². The van der Waals surface area contributed by atoms with Gasteiger partial charge in [0.2, 0.25) is 5.88 Å². The highest BCUT2D eigenvalue weighted by Crippen LogP contribution is 2.27. The van der Waals surface area contributed by atoms with E-state index in [1.165, 1.54) is 6.33 Å². The summed E-state index contributed by atoms with van der Waals surface area (Å²) in [6, 6.07) is 11.0. The lowest BCUT2D eigenvalue weighted by Gasteiger charge is -2.20. The molecule has 3 heterocycles. The molecule has 1 aromatic carbocycles. The number of nitrogens with zero attached hydrogens (tertiary/aromatic N) is 6. The van der Waals surface area contributed by atoms with Crippen molar-refractivity contribution < 1.29 is 9.53 Å². The van der Waals surface area contributed by atoms with Crippen LogP contribution in [0.2, 0.25) is 5.02 Å². The summed E-state index contributed by atoms with van der Waals surface area (Å²) in [5, 5.41) is 8.36. The van der Waals surface area contributed by atoms with Crippen molar-refractivity contribution in [3.8, 4) is 11.6 Å². The summed E-state index contributed by atoms with van der Waals surface area (Å²) in [4.78, 5) is 27.9. The summed E-state index contributed by atoms with van der Waals surface area (Å²) < 4.78 is 7.73. The molecule has 1 N–H and O–H groups in total. The minimum Gasteiger partial charge on any atom is -0.464 e. The van der Waals surface area contributed by atoms with Crippen molar-refractivity contribution in [3.05, 3.63) is 65.7 Å². The van der Waals surface area contributed by atoms with Gasteiger partial charge in [-0.3, -0.25) is 4.79 Å². The van der Waals surface area contributed by atoms with E-state index in [2.05, 4.69) is 25.4 Å². The number of ether oxygens (including phenoxy) is 1. The highest BCUT2D eigenvalue weighted by molar-refractivity contribution is 6.32. The molecule has 1 unspecified atom stereocenters. The van der Waals surface area contributed by atoms with E-state index in [0.29, 0.717) is 40.5 Å². The second kappa shape index (κ2) is 9.93. The standard InChI is InChI=1S/C23H24ClN7O2/c1-15-8-9-20(25-12-15)29-22(32)19(10-11-30(2)3)33-23-16-13-28-31(21(16)26-14-27-23)18-7-5-4-6-17(18)24/h4-9,12-14,19H,10-11H2,1-3H3,(H,25,29,32). The number of anilines is 1. The van der Waals surface area contributed by atoms with Gasteiger partial charge in [-0.2, -0.15) is 5.10 Å². The smallest absolute Gasteiger partial charge is 0.266 e. The Labute approximate surface area is 196 Å². The largest absolute Gasteiger partial charge is 0.464 e. The molecule has 170 valence electrons. The number of halogens is 1. The van der Waals surface area contributed by atoms with Crippen molar-refractivity contribution in [3.63, 3.8) is 0 Å². The number of nitrogens with one attached hydrogen (secondary N) is 1. The van der Waals surface area contributed by atoms with Gasteiger partial charge in [-0.1, -0.05) is 29.8 Å². The van der Waals surface area contributed by atoms with Crippen LogP contribution in [-0.2, 0) is 4.79 Å². The van der Waals surface area contributed by atoms with Crippen molar-refractivity contribution in [1.29, 1.82) is 0 Å². The Balaban J connectivity index is 1.62. The molecule has 0 aliphatic heterocycles. The number of amides is 1. The van der Waals surface area contributed by atoms with E-state index in [1.54, 1.807) is 29.2 Å². The zero-order valence-corrected chi connectivity index (χ0v) is 19.3. The van der Waals surface area contributed by atoms with Crippen LogP contribution in [0.5, 0.6) is 5.88 Å². The summed E-state index contributed by atoms with van der Waals surface area (Å²) in [6.07, 6.45) is 4.35. The van der Waals surface area contributed by atoms with Crippen LogP contribution in [0.1, 0.15) is 12.0 Å². The quantitative estimate of drug-likeness (QED) is 0.425. The highest BCUT2D eigenvalue weighted by Gasteiger charge is 2.24. The molecule has 0 saturated heterocycles.